The van der Waals surface area contributed by atoms with E-state index in [-0.39, 0.29) is 24.2 Å². The number of carbonyl (C=O) groups excluding carboxylic acids is 2. The average molecular weight is 462 g/mol. The van der Waals surface area contributed by atoms with E-state index < -0.39 is 0 Å². The smallest absolute Gasteiger partial charge is 0.253 e. The molecular formula is C25H27N5O4. The van der Waals surface area contributed by atoms with Crippen molar-refractivity contribution in [2.75, 3.05) is 31.6 Å². The predicted octanol–water partition coefficient (Wildman–Crippen LogP) is 2.19. The fraction of sp³-hybridized carbons (Fsp3) is 0.400. The summed E-state index contributed by atoms with van der Waals surface area (Å²) in [5.74, 6) is 1.16. The number of ketones is 1. The Morgan fingerprint density at radius 2 is 2.03 bits per heavy atom. The Balaban J connectivity index is 1.28. The molecule has 9 nitrogen and oxygen atoms in total. The van der Waals surface area contributed by atoms with Gasteiger partial charge in [0.2, 0.25) is 11.8 Å². The molecule has 0 spiro atoms. The van der Waals surface area contributed by atoms with Crippen molar-refractivity contribution in [3.05, 3.63) is 59.2 Å². The van der Waals surface area contributed by atoms with E-state index in [0.717, 1.165) is 41.9 Å². The van der Waals surface area contributed by atoms with E-state index in [1.807, 2.05) is 13.1 Å². The lowest BCUT2D eigenvalue weighted by Gasteiger charge is -2.31. The first-order valence-corrected chi connectivity index (χ1v) is 11.5. The number of hydrogen-bond acceptors (Lipinski definition) is 8. The summed E-state index contributed by atoms with van der Waals surface area (Å²) in [6, 6.07) is 2.07. The Labute approximate surface area is 198 Å². The molecule has 176 valence electrons. The van der Waals surface area contributed by atoms with E-state index in [0.29, 0.717) is 37.0 Å². The summed E-state index contributed by atoms with van der Waals surface area (Å²) in [6.07, 6.45) is 9.79. The Kier molecular flexibility index (Phi) is 6.00. The highest BCUT2D eigenvalue weighted by Gasteiger charge is 2.31. The highest BCUT2D eigenvalue weighted by Crippen LogP contribution is 2.31. The number of methoxy groups -OCH3 is 1. The lowest BCUT2D eigenvalue weighted by Crippen LogP contribution is -2.34. The predicted molar refractivity (Wildman–Crippen MR) is 125 cm³/mol. The van der Waals surface area contributed by atoms with Crippen molar-refractivity contribution < 1.29 is 19.1 Å². The molecule has 2 aromatic rings. The number of ether oxygens (including phenoxy) is 2. The number of pyridine rings is 1. The van der Waals surface area contributed by atoms with E-state index in [1.165, 1.54) is 6.08 Å². The van der Waals surface area contributed by atoms with E-state index in [4.69, 9.17) is 9.47 Å². The van der Waals surface area contributed by atoms with Crippen molar-refractivity contribution in [2.45, 2.75) is 38.8 Å². The Morgan fingerprint density at radius 1 is 1.15 bits per heavy atom. The summed E-state index contributed by atoms with van der Waals surface area (Å²) in [5.41, 5.74) is 4.54. The number of amides is 1. The molecule has 0 aromatic carbocycles. The fourth-order valence-corrected chi connectivity index (χ4v) is 4.61. The van der Waals surface area contributed by atoms with Crippen molar-refractivity contribution in [3.63, 3.8) is 0 Å². The molecule has 0 radical (unpaired) electrons. The van der Waals surface area contributed by atoms with Crippen LogP contribution in [-0.4, -0.2) is 64.4 Å². The van der Waals surface area contributed by atoms with Crippen molar-refractivity contribution in [1.82, 2.24) is 19.9 Å². The van der Waals surface area contributed by atoms with Gasteiger partial charge in [0.05, 0.1) is 43.3 Å². The van der Waals surface area contributed by atoms with Crippen molar-refractivity contribution in [3.8, 4) is 11.8 Å². The third-order valence-electron chi connectivity index (χ3n) is 6.47. The zero-order chi connectivity index (χ0) is 23.7. The summed E-state index contributed by atoms with van der Waals surface area (Å²) < 4.78 is 11.6. The lowest BCUT2D eigenvalue weighted by atomic mass is 10.1. The monoisotopic (exact) mass is 461 g/mol. The largest absolute Gasteiger partial charge is 0.481 e. The van der Waals surface area contributed by atoms with Gasteiger partial charge in [0.1, 0.15) is 12.4 Å². The molecule has 1 aliphatic carbocycles. The summed E-state index contributed by atoms with van der Waals surface area (Å²) in [5, 5.41) is 0. The first-order valence-electron chi connectivity index (χ1n) is 11.5. The number of nitrogens with zero attached hydrogens (tertiary/aromatic N) is 5. The normalized spacial score (nSPS) is 19.6. The van der Waals surface area contributed by atoms with Gasteiger partial charge in [0.15, 0.2) is 5.78 Å². The molecular weight excluding hydrogens is 434 g/mol. The van der Waals surface area contributed by atoms with Crippen LogP contribution in [0.2, 0.25) is 0 Å². The Morgan fingerprint density at radius 3 is 2.79 bits per heavy atom. The average Bonchev–Trinajstić information content (AvgIpc) is 3.32. The zero-order valence-electron chi connectivity index (χ0n) is 19.4. The molecule has 5 rings (SSSR count). The van der Waals surface area contributed by atoms with Gasteiger partial charge in [-0.15, -0.1) is 0 Å². The van der Waals surface area contributed by atoms with Gasteiger partial charge in [0.25, 0.3) is 5.91 Å². The van der Waals surface area contributed by atoms with E-state index in [9.17, 15) is 9.59 Å². The molecule has 0 unspecified atom stereocenters. The van der Waals surface area contributed by atoms with Crippen LogP contribution in [0.5, 0.6) is 11.8 Å². The molecule has 0 bridgehead atoms. The molecule has 0 saturated carbocycles. The number of fused-ring (bicyclic) bond motifs is 1. The van der Waals surface area contributed by atoms with Gasteiger partial charge in [-0.25, -0.2) is 15.0 Å². The van der Waals surface area contributed by atoms with Crippen LogP contribution in [0.4, 0.5) is 5.69 Å². The number of carbonyl (C=O) groups is 2. The molecule has 1 amide bonds. The van der Waals surface area contributed by atoms with Crippen LogP contribution in [0.3, 0.4) is 0 Å². The number of likely N-dealkylation sites (tertiary alicyclic amines) is 1. The Hall–Kier alpha value is -3.75. The van der Waals surface area contributed by atoms with Gasteiger partial charge >= 0.3 is 0 Å². The maximum absolute atomic E-state index is 12.8. The van der Waals surface area contributed by atoms with E-state index >= 15 is 0 Å². The van der Waals surface area contributed by atoms with Gasteiger partial charge in [-0.2, -0.15) is 0 Å². The highest BCUT2D eigenvalue weighted by atomic mass is 16.5. The van der Waals surface area contributed by atoms with Crippen LogP contribution in [0.15, 0.2) is 42.4 Å². The highest BCUT2D eigenvalue weighted by molar-refractivity contribution is 6.02. The second kappa shape index (κ2) is 9.24. The minimum absolute atomic E-state index is 0.0161. The number of allylic oxidation sites excluding steroid dienone is 2. The molecule has 9 heteroatoms. The number of rotatable bonds is 5. The molecule has 1 saturated heterocycles. The summed E-state index contributed by atoms with van der Waals surface area (Å²) in [7, 11) is 1.62. The van der Waals surface area contributed by atoms with Gasteiger partial charge in [0, 0.05) is 43.5 Å². The van der Waals surface area contributed by atoms with Gasteiger partial charge in [-0.3, -0.25) is 9.59 Å². The Bertz CT molecular complexity index is 1190. The molecule has 2 aromatic heterocycles. The fourth-order valence-electron chi connectivity index (χ4n) is 4.61. The molecule has 4 heterocycles. The topological polar surface area (TPSA) is 97.8 Å². The second-order valence-electron chi connectivity index (χ2n) is 8.74. The molecule has 0 N–H and O–H groups in total. The first-order chi connectivity index (χ1) is 16.5. The minimum atomic E-state index is -0.141. The molecule has 1 atom stereocenters. The van der Waals surface area contributed by atoms with Gasteiger partial charge in [-0.1, -0.05) is 6.08 Å². The third-order valence-corrected chi connectivity index (χ3v) is 6.47. The number of anilines is 1. The number of aromatic nitrogens is 3. The number of aryl methyl sites for hydroxylation is 1. The van der Waals surface area contributed by atoms with Gasteiger partial charge in [-0.05, 0) is 25.1 Å². The standard InChI is InChI=1S/C25H27N5O4/c1-16-11-18(12-26-23(16)33-2)29-10-8-22-21(14-29)24(28-15-27-22)34-20-7-9-30(13-20)25(32)17-3-5-19(31)6-4-17/h3-5,11-12,15,20H,6-10,13-14H2,1-2H3/t20-/m0/s1. The summed E-state index contributed by atoms with van der Waals surface area (Å²) >= 11 is 0. The number of hydrogen-bond donors (Lipinski definition) is 0. The van der Waals surface area contributed by atoms with Crippen molar-refractivity contribution >= 4 is 17.4 Å². The second-order valence-corrected chi connectivity index (χ2v) is 8.74. The van der Waals surface area contributed by atoms with Crippen LogP contribution < -0.4 is 14.4 Å². The van der Waals surface area contributed by atoms with Crippen LogP contribution in [0, 0.1) is 6.92 Å². The summed E-state index contributed by atoms with van der Waals surface area (Å²) in [6.45, 7) is 4.53. The van der Waals surface area contributed by atoms with E-state index in [2.05, 4.69) is 25.9 Å². The van der Waals surface area contributed by atoms with Crippen molar-refractivity contribution in [2.24, 2.45) is 0 Å². The first kappa shape index (κ1) is 22.1. The quantitative estimate of drug-likeness (QED) is 0.668. The molecule has 3 aliphatic rings. The van der Waals surface area contributed by atoms with Crippen LogP contribution >= 0.6 is 0 Å². The SMILES string of the molecule is COc1ncc(N2CCc3ncnc(O[C@H]4CCN(C(=O)C5=CCC(=O)C=C5)C4)c3C2)cc1C. The maximum Gasteiger partial charge on any atom is 0.253 e. The van der Waals surface area contributed by atoms with Gasteiger partial charge < -0.3 is 19.3 Å². The summed E-state index contributed by atoms with van der Waals surface area (Å²) in [4.78, 5) is 41.5. The van der Waals surface area contributed by atoms with Crippen molar-refractivity contribution in [1.29, 1.82) is 0 Å². The van der Waals surface area contributed by atoms with Crippen LogP contribution in [0.25, 0.3) is 0 Å². The van der Waals surface area contributed by atoms with Crippen LogP contribution in [-0.2, 0) is 22.6 Å². The van der Waals surface area contributed by atoms with Crippen LogP contribution in [0.1, 0.15) is 29.7 Å². The maximum atomic E-state index is 12.8. The van der Waals surface area contributed by atoms with E-state index in [1.54, 1.807) is 30.5 Å². The minimum Gasteiger partial charge on any atom is -0.481 e. The zero-order valence-corrected chi connectivity index (χ0v) is 19.4. The molecule has 34 heavy (non-hydrogen) atoms. The molecule has 1 fully saturated rings. The molecule has 2 aliphatic heterocycles. The third kappa shape index (κ3) is 4.37. The lowest BCUT2D eigenvalue weighted by molar-refractivity contribution is -0.126.